The predicted molar refractivity (Wildman–Crippen MR) is 80.0 cm³/mol. The van der Waals surface area contributed by atoms with Crippen LogP contribution in [-0.2, 0) is 4.74 Å². The molecule has 1 atom stereocenters. The molecule has 0 saturated carbocycles. The normalized spacial score (nSPS) is 17.8. The molecular formula is C14H23N3O2S. The lowest BCUT2D eigenvalue weighted by Gasteiger charge is -2.41. The molecule has 2 rings (SSSR count). The van der Waals surface area contributed by atoms with Crippen molar-refractivity contribution in [2.75, 3.05) is 13.1 Å². The van der Waals surface area contributed by atoms with Gasteiger partial charge >= 0.3 is 6.09 Å². The molecule has 1 aliphatic heterocycles. The number of aromatic nitrogens is 1. The van der Waals surface area contributed by atoms with Gasteiger partial charge in [-0.2, -0.15) is 0 Å². The Bertz CT molecular complexity index is 475. The molecule has 0 spiro atoms. The van der Waals surface area contributed by atoms with E-state index in [4.69, 9.17) is 4.74 Å². The summed E-state index contributed by atoms with van der Waals surface area (Å²) in [6.07, 6.45) is 1.69. The lowest BCUT2D eigenvalue weighted by Crippen LogP contribution is -2.60. The van der Waals surface area contributed by atoms with Crippen LogP contribution in [0.5, 0.6) is 0 Å². The smallest absolute Gasteiger partial charge is 0.410 e. The molecule has 0 aliphatic carbocycles. The summed E-state index contributed by atoms with van der Waals surface area (Å²) in [7, 11) is 0. The maximum absolute atomic E-state index is 11.8. The second kappa shape index (κ2) is 5.69. The van der Waals surface area contributed by atoms with Crippen LogP contribution in [0.2, 0.25) is 0 Å². The molecule has 1 saturated heterocycles. The number of rotatable bonds is 3. The summed E-state index contributed by atoms with van der Waals surface area (Å²) < 4.78 is 5.33. The highest BCUT2D eigenvalue weighted by Gasteiger charge is 2.34. The van der Waals surface area contributed by atoms with Crippen LogP contribution in [0, 0.1) is 6.92 Å². The third kappa shape index (κ3) is 3.93. The second-order valence-electron chi connectivity index (χ2n) is 6.25. The van der Waals surface area contributed by atoms with Gasteiger partial charge in [-0.3, -0.25) is 0 Å². The van der Waals surface area contributed by atoms with E-state index in [2.05, 4.69) is 17.2 Å². The summed E-state index contributed by atoms with van der Waals surface area (Å²) in [5, 5.41) is 4.60. The number of amides is 1. The summed E-state index contributed by atoms with van der Waals surface area (Å²) >= 11 is 1.71. The predicted octanol–water partition coefficient (Wildman–Crippen LogP) is 2.72. The number of nitrogens with zero attached hydrogens (tertiary/aromatic N) is 2. The Morgan fingerprint density at radius 2 is 2.20 bits per heavy atom. The maximum atomic E-state index is 11.8. The molecule has 0 aromatic carbocycles. The fourth-order valence-corrected chi connectivity index (χ4v) is 2.87. The SMILES string of the molecule is Cc1ncc([C@@H](C)NC2CN(C(=O)OC(C)(C)C)C2)s1. The largest absolute Gasteiger partial charge is 0.444 e. The topological polar surface area (TPSA) is 54.5 Å². The minimum Gasteiger partial charge on any atom is -0.444 e. The Morgan fingerprint density at radius 1 is 1.55 bits per heavy atom. The van der Waals surface area contributed by atoms with Crippen molar-refractivity contribution < 1.29 is 9.53 Å². The van der Waals surface area contributed by atoms with Crippen LogP contribution in [-0.4, -0.2) is 40.7 Å². The van der Waals surface area contributed by atoms with Gasteiger partial charge in [0.1, 0.15) is 5.60 Å². The van der Waals surface area contributed by atoms with Gasteiger partial charge in [-0.1, -0.05) is 0 Å². The average molecular weight is 297 g/mol. The van der Waals surface area contributed by atoms with Crippen molar-refractivity contribution in [1.29, 1.82) is 0 Å². The molecule has 0 radical (unpaired) electrons. The van der Waals surface area contributed by atoms with Gasteiger partial charge in [0.2, 0.25) is 0 Å². The van der Waals surface area contributed by atoms with Crippen LogP contribution in [0.25, 0.3) is 0 Å². The summed E-state index contributed by atoms with van der Waals surface area (Å²) in [6, 6.07) is 0.604. The van der Waals surface area contributed by atoms with Gasteiger partial charge in [-0.15, -0.1) is 11.3 Å². The van der Waals surface area contributed by atoms with E-state index in [1.807, 2.05) is 33.9 Å². The molecule has 1 aromatic rings. The molecule has 6 heteroatoms. The Labute approximate surface area is 124 Å². The number of aryl methyl sites for hydroxylation is 1. The fraction of sp³-hybridized carbons (Fsp3) is 0.714. The molecule has 1 aromatic heterocycles. The van der Waals surface area contributed by atoms with Gasteiger partial charge in [0.15, 0.2) is 0 Å². The molecule has 1 aliphatic rings. The first-order chi connectivity index (χ1) is 9.24. The molecule has 2 heterocycles. The number of carbonyl (C=O) groups is 1. The van der Waals surface area contributed by atoms with Gasteiger partial charge in [0, 0.05) is 36.2 Å². The van der Waals surface area contributed by atoms with Gasteiger partial charge in [-0.05, 0) is 34.6 Å². The Balaban J connectivity index is 1.75. The van der Waals surface area contributed by atoms with Crippen LogP contribution in [0.1, 0.15) is 43.6 Å². The first-order valence-electron chi connectivity index (χ1n) is 6.91. The van der Waals surface area contributed by atoms with E-state index < -0.39 is 5.60 Å². The number of hydrogen-bond donors (Lipinski definition) is 1. The number of thiazole rings is 1. The fourth-order valence-electron chi connectivity index (χ4n) is 2.07. The summed E-state index contributed by atoms with van der Waals surface area (Å²) in [5.74, 6) is 0. The quantitative estimate of drug-likeness (QED) is 0.932. The van der Waals surface area contributed by atoms with Crippen molar-refractivity contribution in [3.63, 3.8) is 0 Å². The van der Waals surface area contributed by atoms with Crippen molar-refractivity contribution >= 4 is 17.4 Å². The standard InChI is InChI=1S/C14H23N3O2S/c1-9(12-6-15-10(2)20-12)16-11-7-17(8-11)13(18)19-14(3,4)5/h6,9,11,16H,7-8H2,1-5H3/t9-/m1/s1. The minimum absolute atomic E-state index is 0.225. The molecule has 1 N–H and O–H groups in total. The van der Waals surface area contributed by atoms with E-state index in [1.54, 1.807) is 16.2 Å². The van der Waals surface area contributed by atoms with E-state index in [1.165, 1.54) is 4.88 Å². The van der Waals surface area contributed by atoms with E-state index in [-0.39, 0.29) is 12.1 Å². The van der Waals surface area contributed by atoms with Gasteiger partial charge in [-0.25, -0.2) is 9.78 Å². The van der Waals surface area contributed by atoms with Gasteiger partial charge in [0.25, 0.3) is 0 Å². The monoisotopic (exact) mass is 297 g/mol. The molecule has 0 unspecified atom stereocenters. The maximum Gasteiger partial charge on any atom is 0.410 e. The van der Waals surface area contributed by atoms with E-state index >= 15 is 0 Å². The molecule has 1 fully saturated rings. The second-order valence-corrected chi connectivity index (χ2v) is 7.52. The summed E-state index contributed by atoms with van der Waals surface area (Å²) in [5.41, 5.74) is -0.428. The number of ether oxygens (including phenoxy) is 1. The Morgan fingerprint density at radius 3 is 2.70 bits per heavy atom. The molecule has 0 bridgehead atoms. The molecular weight excluding hydrogens is 274 g/mol. The summed E-state index contributed by atoms with van der Waals surface area (Å²) in [6.45, 7) is 11.2. The highest BCUT2D eigenvalue weighted by molar-refractivity contribution is 7.11. The first kappa shape index (κ1) is 15.3. The van der Waals surface area contributed by atoms with Crippen LogP contribution < -0.4 is 5.32 Å². The van der Waals surface area contributed by atoms with Crippen LogP contribution >= 0.6 is 11.3 Å². The number of likely N-dealkylation sites (tertiary alicyclic amines) is 1. The highest BCUT2D eigenvalue weighted by atomic mass is 32.1. The van der Waals surface area contributed by atoms with E-state index in [0.29, 0.717) is 19.1 Å². The Hall–Kier alpha value is -1.14. The number of hydrogen-bond acceptors (Lipinski definition) is 5. The van der Waals surface area contributed by atoms with Crippen molar-refractivity contribution in [1.82, 2.24) is 15.2 Å². The third-order valence-corrected chi connectivity index (χ3v) is 4.18. The average Bonchev–Trinajstić information content (AvgIpc) is 2.66. The highest BCUT2D eigenvalue weighted by Crippen LogP contribution is 2.22. The summed E-state index contributed by atoms with van der Waals surface area (Å²) in [4.78, 5) is 19.0. The van der Waals surface area contributed by atoms with Crippen molar-refractivity contribution in [3.8, 4) is 0 Å². The zero-order valence-electron chi connectivity index (χ0n) is 12.8. The Kier molecular flexibility index (Phi) is 4.34. The van der Waals surface area contributed by atoms with E-state index in [9.17, 15) is 4.79 Å². The minimum atomic E-state index is -0.428. The lowest BCUT2D eigenvalue weighted by molar-refractivity contribution is 0.00437. The first-order valence-corrected chi connectivity index (χ1v) is 7.72. The van der Waals surface area contributed by atoms with Crippen molar-refractivity contribution in [2.24, 2.45) is 0 Å². The molecule has 112 valence electrons. The van der Waals surface area contributed by atoms with Gasteiger partial charge < -0.3 is 15.0 Å². The zero-order valence-corrected chi connectivity index (χ0v) is 13.6. The van der Waals surface area contributed by atoms with Crippen molar-refractivity contribution in [2.45, 2.75) is 52.3 Å². The van der Waals surface area contributed by atoms with E-state index in [0.717, 1.165) is 5.01 Å². The zero-order chi connectivity index (χ0) is 14.9. The van der Waals surface area contributed by atoms with Crippen molar-refractivity contribution in [3.05, 3.63) is 16.1 Å². The molecule has 5 nitrogen and oxygen atoms in total. The number of carbonyl (C=O) groups excluding carboxylic acids is 1. The van der Waals surface area contributed by atoms with Crippen LogP contribution in [0.3, 0.4) is 0 Å². The third-order valence-electron chi connectivity index (χ3n) is 3.08. The van der Waals surface area contributed by atoms with Crippen LogP contribution in [0.15, 0.2) is 6.20 Å². The van der Waals surface area contributed by atoms with Gasteiger partial charge in [0.05, 0.1) is 5.01 Å². The molecule has 20 heavy (non-hydrogen) atoms. The molecule has 1 amide bonds. The lowest BCUT2D eigenvalue weighted by atomic mass is 10.1. The van der Waals surface area contributed by atoms with Crippen LogP contribution in [0.4, 0.5) is 4.79 Å². The number of nitrogens with one attached hydrogen (secondary N) is 1.